The molecule has 0 unspecified atom stereocenters. The number of ether oxygens (including phenoxy) is 1. The molecule has 0 aliphatic carbocycles. The van der Waals surface area contributed by atoms with E-state index in [0.29, 0.717) is 6.42 Å². The van der Waals surface area contributed by atoms with Crippen LogP contribution in [-0.2, 0) is 24.2 Å². The number of methoxy groups -OCH3 is 1. The number of carbonyl (C=O) groups excluding carboxylic acids is 2. The van der Waals surface area contributed by atoms with Gasteiger partial charge in [0.25, 0.3) is 0 Å². The van der Waals surface area contributed by atoms with Crippen LogP contribution in [0.5, 0.6) is 0 Å². The predicted octanol–water partition coefficient (Wildman–Crippen LogP) is 0.476. The molecule has 0 amide bonds. The molecule has 1 heterocycles. The molecule has 0 aromatic carbocycles. The number of hydrogen-bond acceptors (Lipinski definition) is 5. The first-order chi connectivity index (χ1) is 7.39. The van der Waals surface area contributed by atoms with E-state index < -0.39 is 20.6 Å². The highest BCUT2D eigenvalue weighted by atomic mass is 32.2. The fourth-order valence-corrected chi connectivity index (χ4v) is 4.27. The van der Waals surface area contributed by atoms with E-state index in [-0.39, 0.29) is 30.8 Å². The average Bonchev–Trinajstić information content (AvgIpc) is 2.43. The van der Waals surface area contributed by atoms with Gasteiger partial charge in [0.1, 0.15) is 4.75 Å². The maximum atomic E-state index is 11.9. The molecule has 0 radical (unpaired) electrons. The van der Waals surface area contributed by atoms with Crippen molar-refractivity contribution >= 4 is 21.6 Å². The summed E-state index contributed by atoms with van der Waals surface area (Å²) in [7, 11) is -2.33. The van der Waals surface area contributed by atoms with Crippen LogP contribution in [0.25, 0.3) is 0 Å². The number of rotatable bonds is 4. The van der Waals surface area contributed by atoms with Crippen molar-refractivity contribution in [2.75, 3.05) is 12.9 Å². The van der Waals surface area contributed by atoms with Crippen molar-refractivity contribution in [3.8, 4) is 0 Å². The van der Waals surface area contributed by atoms with Gasteiger partial charge >= 0.3 is 5.97 Å². The van der Waals surface area contributed by atoms with Crippen molar-refractivity contribution in [2.24, 2.45) is 0 Å². The van der Waals surface area contributed by atoms with E-state index in [1.165, 1.54) is 7.11 Å². The molecule has 1 aliphatic rings. The molecule has 6 heteroatoms. The quantitative estimate of drug-likeness (QED) is 0.676. The Morgan fingerprint density at radius 2 is 2.12 bits per heavy atom. The summed E-state index contributed by atoms with van der Waals surface area (Å²) in [5.74, 6) is -1.14. The monoisotopic (exact) mass is 248 g/mol. The second kappa shape index (κ2) is 4.53. The van der Waals surface area contributed by atoms with E-state index in [9.17, 15) is 18.0 Å². The molecule has 0 bridgehead atoms. The third kappa shape index (κ3) is 1.98. The minimum absolute atomic E-state index is 0.0132. The lowest BCUT2D eigenvalue weighted by atomic mass is 9.93. The van der Waals surface area contributed by atoms with Crippen LogP contribution < -0.4 is 0 Å². The van der Waals surface area contributed by atoms with Crippen molar-refractivity contribution in [2.45, 2.75) is 37.4 Å². The van der Waals surface area contributed by atoms with Gasteiger partial charge < -0.3 is 4.74 Å². The summed E-state index contributed by atoms with van der Waals surface area (Å²) in [6, 6.07) is 0. The molecule has 92 valence electrons. The minimum atomic E-state index is -3.52. The number of esters is 1. The summed E-state index contributed by atoms with van der Waals surface area (Å²) in [4.78, 5) is 23.0. The maximum absolute atomic E-state index is 11.9. The van der Waals surface area contributed by atoms with Crippen LogP contribution >= 0.6 is 0 Å². The van der Waals surface area contributed by atoms with Crippen LogP contribution in [0.4, 0.5) is 0 Å². The van der Waals surface area contributed by atoms with Gasteiger partial charge in [-0.1, -0.05) is 13.3 Å². The standard InChI is InChI=1S/C10H16O5S/c1-3-5-10(7-9(12)15-2)8(11)4-6-16(10,13)14/h3-7H2,1-2H3/t10-/m0/s1. The second-order valence-corrected chi connectivity index (χ2v) is 6.41. The molecule has 0 saturated carbocycles. The summed E-state index contributed by atoms with van der Waals surface area (Å²) in [5.41, 5.74) is 0. The molecule has 1 rings (SSSR count). The van der Waals surface area contributed by atoms with Crippen LogP contribution in [0.15, 0.2) is 0 Å². The lowest BCUT2D eigenvalue weighted by Crippen LogP contribution is -2.43. The minimum Gasteiger partial charge on any atom is -0.469 e. The average molecular weight is 248 g/mol. The van der Waals surface area contributed by atoms with E-state index in [1.54, 1.807) is 6.92 Å². The molecular formula is C10H16O5S. The van der Waals surface area contributed by atoms with Gasteiger partial charge in [-0.15, -0.1) is 0 Å². The summed E-state index contributed by atoms with van der Waals surface area (Å²) in [5, 5.41) is 0. The highest BCUT2D eigenvalue weighted by Crippen LogP contribution is 2.36. The van der Waals surface area contributed by atoms with Crippen molar-refractivity contribution in [1.82, 2.24) is 0 Å². The summed E-state index contributed by atoms with van der Waals surface area (Å²) in [6.07, 6.45) is 0.406. The largest absolute Gasteiger partial charge is 0.469 e. The third-order valence-corrected chi connectivity index (χ3v) is 5.52. The van der Waals surface area contributed by atoms with E-state index in [1.807, 2.05) is 0 Å². The Hall–Kier alpha value is -0.910. The van der Waals surface area contributed by atoms with E-state index >= 15 is 0 Å². The molecule has 1 saturated heterocycles. The highest BCUT2D eigenvalue weighted by Gasteiger charge is 2.55. The summed E-state index contributed by atoms with van der Waals surface area (Å²) >= 11 is 0. The van der Waals surface area contributed by atoms with E-state index in [0.717, 1.165) is 0 Å². The summed E-state index contributed by atoms with van der Waals surface area (Å²) < 4.78 is 26.8. The fourth-order valence-electron chi connectivity index (χ4n) is 2.12. The van der Waals surface area contributed by atoms with Gasteiger partial charge in [-0.2, -0.15) is 0 Å². The summed E-state index contributed by atoms with van der Waals surface area (Å²) in [6.45, 7) is 1.79. The van der Waals surface area contributed by atoms with Gasteiger partial charge in [-0.25, -0.2) is 8.42 Å². The Balaban J connectivity index is 3.13. The van der Waals surface area contributed by atoms with Gasteiger partial charge in [0.05, 0.1) is 19.3 Å². The topological polar surface area (TPSA) is 77.5 Å². The lowest BCUT2D eigenvalue weighted by molar-refractivity contribution is -0.143. The smallest absolute Gasteiger partial charge is 0.307 e. The van der Waals surface area contributed by atoms with Gasteiger partial charge in [0.15, 0.2) is 15.6 Å². The molecule has 0 N–H and O–H groups in total. The van der Waals surface area contributed by atoms with Crippen LogP contribution in [0.2, 0.25) is 0 Å². The molecule has 1 atom stereocenters. The van der Waals surface area contributed by atoms with Gasteiger partial charge in [-0.3, -0.25) is 9.59 Å². The van der Waals surface area contributed by atoms with Crippen LogP contribution in [0.3, 0.4) is 0 Å². The molecule has 1 aliphatic heterocycles. The predicted molar refractivity (Wildman–Crippen MR) is 57.7 cm³/mol. The highest BCUT2D eigenvalue weighted by molar-refractivity contribution is 7.94. The van der Waals surface area contributed by atoms with Crippen LogP contribution in [-0.4, -0.2) is 37.8 Å². The van der Waals surface area contributed by atoms with Gasteiger partial charge in [0, 0.05) is 6.42 Å². The third-order valence-electron chi connectivity index (χ3n) is 3.01. The van der Waals surface area contributed by atoms with Crippen molar-refractivity contribution in [3.05, 3.63) is 0 Å². The molecular weight excluding hydrogens is 232 g/mol. The Labute approximate surface area is 95.1 Å². The zero-order valence-electron chi connectivity index (χ0n) is 9.49. The Bertz CT molecular complexity index is 397. The molecule has 0 aromatic heterocycles. The first kappa shape index (κ1) is 13.2. The molecule has 1 fully saturated rings. The van der Waals surface area contributed by atoms with E-state index in [4.69, 9.17) is 0 Å². The Morgan fingerprint density at radius 3 is 2.50 bits per heavy atom. The number of carbonyl (C=O) groups is 2. The van der Waals surface area contributed by atoms with Gasteiger partial charge in [-0.05, 0) is 6.42 Å². The number of ketones is 1. The Morgan fingerprint density at radius 1 is 1.50 bits per heavy atom. The van der Waals surface area contributed by atoms with E-state index in [2.05, 4.69) is 4.74 Å². The first-order valence-corrected chi connectivity index (χ1v) is 6.87. The molecule has 16 heavy (non-hydrogen) atoms. The SMILES string of the molecule is CCC[C@]1(CC(=O)OC)C(=O)CCS1(=O)=O. The number of sulfone groups is 1. The van der Waals surface area contributed by atoms with Gasteiger partial charge in [0.2, 0.25) is 0 Å². The molecule has 5 nitrogen and oxygen atoms in total. The zero-order chi connectivity index (χ0) is 12.4. The lowest BCUT2D eigenvalue weighted by Gasteiger charge is -2.24. The number of Topliss-reactive ketones (excluding diaryl/α,β-unsaturated/α-hetero) is 1. The van der Waals surface area contributed by atoms with Crippen molar-refractivity contribution in [1.29, 1.82) is 0 Å². The Kier molecular flexibility index (Phi) is 3.72. The molecule has 0 spiro atoms. The van der Waals surface area contributed by atoms with Crippen molar-refractivity contribution in [3.63, 3.8) is 0 Å². The maximum Gasteiger partial charge on any atom is 0.307 e. The zero-order valence-corrected chi connectivity index (χ0v) is 10.3. The second-order valence-electron chi connectivity index (χ2n) is 3.99. The van der Waals surface area contributed by atoms with Crippen LogP contribution in [0.1, 0.15) is 32.6 Å². The number of hydrogen-bond donors (Lipinski definition) is 0. The van der Waals surface area contributed by atoms with Crippen LogP contribution in [0, 0.1) is 0 Å². The molecule has 0 aromatic rings. The normalized spacial score (nSPS) is 28.0. The first-order valence-electron chi connectivity index (χ1n) is 5.22. The van der Waals surface area contributed by atoms with Crippen molar-refractivity contribution < 1.29 is 22.7 Å². The fraction of sp³-hybridized carbons (Fsp3) is 0.800.